The second-order valence-electron chi connectivity index (χ2n) is 4.42. The van der Waals surface area contributed by atoms with Gasteiger partial charge in [-0.1, -0.05) is 23.7 Å². The van der Waals surface area contributed by atoms with Crippen LogP contribution in [0.5, 0.6) is 0 Å². The van der Waals surface area contributed by atoms with Gasteiger partial charge in [0.15, 0.2) is 0 Å². The predicted molar refractivity (Wildman–Crippen MR) is 85.5 cm³/mol. The smallest absolute Gasteiger partial charge is 0.262 e. The molecule has 0 N–H and O–H groups in total. The molecule has 2 aromatic rings. The number of anilines is 1. The van der Waals surface area contributed by atoms with E-state index in [9.17, 15) is 21.6 Å². The molecule has 2 rings (SSSR count). The molecule has 0 atom stereocenters. The van der Waals surface area contributed by atoms with E-state index in [1.807, 2.05) is 0 Å². The molecule has 0 unspecified atom stereocenters. The first kappa shape index (κ1) is 17.8. The van der Waals surface area contributed by atoms with Crippen LogP contribution in [0.25, 0.3) is 0 Å². The molecular weight excluding hydrogens is 371 g/mol. The number of rotatable bonds is 5. The molecule has 0 aliphatic heterocycles. The Morgan fingerprint density at radius 1 is 1.30 bits per heavy atom. The van der Waals surface area contributed by atoms with Gasteiger partial charge in [-0.2, -0.15) is 13.2 Å². The summed E-state index contributed by atoms with van der Waals surface area (Å²) in [5, 5.41) is 1.08. The van der Waals surface area contributed by atoms with Crippen LogP contribution >= 0.6 is 22.9 Å². The van der Waals surface area contributed by atoms with E-state index < -0.39 is 26.8 Å². The summed E-state index contributed by atoms with van der Waals surface area (Å²) in [6.07, 6.45) is -3.38. The van der Waals surface area contributed by atoms with Crippen molar-refractivity contribution in [1.29, 1.82) is 0 Å². The Morgan fingerprint density at radius 3 is 2.52 bits per heavy atom. The molecule has 0 radical (unpaired) electrons. The zero-order valence-corrected chi connectivity index (χ0v) is 13.9. The van der Waals surface area contributed by atoms with E-state index in [4.69, 9.17) is 11.6 Å². The molecule has 0 bridgehead atoms. The van der Waals surface area contributed by atoms with Crippen molar-refractivity contribution in [2.45, 2.75) is 10.4 Å². The SMILES string of the molecule is C=CCN(c1ccc(Cl)c(C(F)(F)F)c1)S(=O)(=O)c1cccs1. The lowest BCUT2D eigenvalue weighted by Crippen LogP contribution is -2.30. The monoisotopic (exact) mass is 381 g/mol. The van der Waals surface area contributed by atoms with Gasteiger partial charge in [0.2, 0.25) is 0 Å². The molecular formula is C14H11ClF3NO2S2. The first-order valence-corrected chi connectivity index (χ1v) is 8.91. The minimum absolute atomic E-state index is 0.0304. The van der Waals surface area contributed by atoms with E-state index in [1.54, 1.807) is 11.4 Å². The molecule has 3 nitrogen and oxygen atoms in total. The first-order valence-electron chi connectivity index (χ1n) is 6.22. The van der Waals surface area contributed by atoms with E-state index >= 15 is 0 Å². The van der Waals surface area contributed by atoms with Gasteiger partial charge in [0, 0.05) is 0 Å². The number of sulfonamides is 1. The number of hydrogen-bond acceptors (Lipinski definition) is 3. The van der Waals surface area contributed by atoms with E-state index in [2.05, 4.69) is 6.58 Å². The Morgan fingerprint density at radius 2 is 2.00 bits per heavy atom. The van der Waals surface area contributed by atoms with Gasteiger partial charge >= 0.3 is 6.18 Å². The van der Waals surface area contributed by atoms with Crippen LogP contribution in [0.1, 0.15) is 5.56 Å². The fourth-order valence-corrected chi connectivity index (χ4v) is 4.62. The molecule has 0 saturated heterocycles. The van der Waals surface area contributed by atoms with Gasteiger partial charge in [0.25, 0.3) is 10.0 Å². The van der Waals surface area contributed by atoms with Gasteiger partial charge in [-0.25, -0.2) is 8.42 Å². The molecule has 124 valence electrons. The van der Waals surface area contributed by atoms with Crippen LogP contribution in [0.4, 0.5) is 18.9 Å². The van der Waals surface area contributed by atoms with Crippen LogP contribution in [0.15, 0.2) is 52.6 Å². The highest BCUT2D eigenvalue weighted by atomic mass is 35.5. The van der Waals surface area contributed by atoms with Crippen LogP contribution < -0.4 is 4.31 Å². The third-order valence-electron chi connectivity index (χ3n) is 2.88. The molecule has 0 spiro atoms. The van der Waals surface area contributed by atoms with Crippen LogP contribution in [-0.2, 0) is 16.2 Å². The van der Waals surface area contributed by atoms with Gasteiger partial charge in [0.05, 0.1) is 22.8 Å². The highest BCUT2D eigenvalue weighted by Gasteiger charge is 2.35. The second kappa shape index (κ2) is 6.54. The highest BCUT2D eigenvalue weighted by molar-refractivity contribution is 7.94. The minimum atomic E-state index is -4.68. The Bertz CT molecular complexity index is 802. The van der Waals surface area contributed by atoms with Gasteiger partial charge < -0.3 is 0 Å². The van der Waals surface area contributed by atoms with Crippen molar-refractivity contribution in [1.82, 2.24) is 0 Å². The number of alkyl halides is 3. The van der Waals surface area contributed by atoms with E-state index in [-0.39, 0.29) is 16.4 Å². The lowest BCUT2D eigenvalue weighted by molar-refractivity contribution is -0.137. The molecule has 1 aromatic carbocycles. The molecule has 0 fully saturated rings. The summed E-state index contributed by atoms with van der Waals surface area (Å²) < 4.78 is 65.0. The second-order valence-corrected chi connectivity index (χ2v) is 7.86. The normalized spacial score (nSPS) is 12.2. The van der Waals surface area contributed by atoms with Gasteiger partial charge in [-0.15, -0.1) is 17.9 Å². The maximum atomic E-state index is 13.0. The van der Waals surface area contributed by atoms with Crippen LogP contribution in [0.3, 0.4) is 0 Å². The number of benzene rings is 1. The average molecular weight is 382 g/mol. The van der Waals surface area contributed by atoms with Crippen molar-refractivity contribution in [2.75, 3.05) is 10.8 Å². The van der Waals surface area contributed by atoms with E-state index in [1.165, 1.54) is 18.2 Å². The standard InChI is InChI=1S/C14H11ClF3NO2S2/c1-2-7-19(23(20,21)13-4-3-8-22-13)10-5-6-12(15)11(9-10)14(16,17)18/h2-6,8-9H,1,7H2. The summed E-state index contributed by atoms with van der Waals surface area (Å²) in [6.45, 7) is 3.29. The highest BCUT2D eigenvalue weighted by Crippen LogP contribution is 2.38. The van der Waals surface area contributed by atoms with E-state index in [0.29, 0.717) is 0 Å². The zero-order valence-electron chi connectivity index (χ0n) is 11.5. The third-order valence-corrected chi connectivity index (χ3v) is 6.37. The van der Waals surface area contributed by atoms with Crippen molar-refractivity contribution in [2.24, 2.45) is 0 Å². The topological polar surface area (TPSA) is 37.4 Å². The fraction of sp³-hybridized carbons (Fsp3) is 0.143. The molecule has 1 heterocycles. The summed E-state index contributed by atoms with van der Waals surface area (Å²) in [7, 11) is -3.98. The number of halogens is 4. The summed E-state index contributed by atoms with van der Waals surface area (Å²) in [4.78, 5) is 0. The molecule has 0 amide bonds. The summed E-state index contributed by atoms with van der Waals surface area (Å²) in [6, 6.07) is 5.91. The Hall–Kier alpha value is -1.51. The number of nitrogens with zero attached hydrogens (tertiary/aromatic N) is 1. The summed E-state index contributed by atoms with van der Waals surface area (Å²) in [5.74, 6) is 0. The van der Waals surface area contributed by atoms with Crippen LogP contribution in [0, 0.1) is 0 Å². The minimum Gasteiger partial charge on any atom is -0.262 e. The largest absolute Gasteiger partial charge is 0.417 e. The Balaban J connectivity index is 2.57. The first-order chi connectivity index (χ1) is 10.7. The van der Waals surface area contributed by atoms with E-state index in [0.717, 1.165) is 27.8 Å². The predicted octanol–water partition coefficient (Wildman–Crippen LogP) is 4.80. The molecule has 23 heavy (non-hydrogen) atoms. The van der Waals surface area contributed by atoms with Crippen molar-refractivity contribution < 1.29 is 21.6 Å². The maximum Gasteiger partial charge on any atom is 0.417 e. The quantitative estimate of drug-likeness (QED) is 0.697. The van der Waals surface area contributed by atoms with Crippen molar-refractivity contribution in [3.05, 3.63) is 59.0 Å². The number of thiophene rings is 1. The average Bonchev–Trinajstić information content (AvgIpc) is 2.99. The summed E-state index contributed by atoms with van der Waals surface area (Å²) in [5.41, 5.74) is -1.22. The molecule has 0 aliphatic carbocycles. The third kappa shape index (κ3) is 3.70. The van der Waals surface area contributed by atoms with Gasteiger partial charge in [-0.05, 0) is 29.6 Å². The zero-order chi connectivity index (χ0) is 17.3. The van der Waals surface area contributed by atoms with Crippen LogP contribution in [0.2, 0.25) is 5.02 Å². The van der Waals surface area contributed by atoms with Gasteiger partial charge in [-0.3, -0.25) is 4.31 Å². The summed E-state index contributed by atoms with van der Waals surface area (Å²) >= 11 is 6.55. The number of hydrogen-bond donors (Lipinski definition) is 0. The van der Waals surface area contributed by atoms with Gasteiger partial charge in [0.1, 0.15) is 4.21 Å². The molecule has 0 saturated carbocycles. The lowest BCUT2D eigenvalue weighted by atomic mass is 10.2. The Kier molecular flexibility index (Phi) is 5.07. The van der Waals surface area contributed by atoms with Crippen molar-refractivity contribution in [3.63, 3.8) is 0 Å². The fourth-order valence-electron chi connectivity index (χ4n) is 1.86. The molecule has 9 heteroatoms. The van der Waals surface area contributed by atoms with Crippen LogP contribution in [-0.4, -0.2) is 15.0 Å². The maximum absolute atomic E-state index is 13.0. The Labute approximate surface area is 140 Å². The lowest BCUT2D eigenvalue weighted by Gasteiger charge is -2.23. The molecule has 0 aliphatic rings. The van der Waals surface area contributed by atoms with Crippen molar-refractivity contribution >= 4 is 38.6 Å². The van der Waals surface area contributed by atoms with Crippen molar-refractivity contribution in [3.8, 4) is 0 Å². The molecule has 1 aromatic heterocycles.